The summed E-state index contributed by atoms with van der Waals surface area (Å²) in [5.74, 6) is -1.11. The Morgan fingerprint density at radius 1 is 1.45 bits per heavy atom. The highest BCUT2D eigenvalue weighted by Crippen LogP contribution is 2.27. The summed E-state index contributed by atoms with van der Waals surface area (Å²) < 4.78 is 14.1. The molecule has 1 amide bonds. The number of hydrogen-bond donors (Lipinski definition) is 2. The molecule has 0 saturated carbocycles. The van der Waals surface area contributed by atoms with Gasteiger partial charge >= 0.3 is 0 Å². The van der Waals surface area contributed by atoms with Crippen molar-refractivity contribution in [3.05, 3.63) is 45.9 Å². The van der Waals surface area contributed by atoms with E-state index in [-0.39, 0.29) is 11.3 Å². The Bertz CT molecular complexity index is 613. The Morgan fingerprint density at radius 3 is 2.75 bits per heavy atom. The first kappa shape index (κ1) is 14.3. The number of thiophene rings is 1. The molecule has 0 aliphatic carbocycles. The van der Waals surface area contributed by atoms with Crippen LogP contribution >= 0.6 is 11.3 Å². The van der Waals surface area contributed by atoms with Crippen molar-refractivity contribution in [3.8, 4) is 0 Å². The molecule has 1 heterocycles. The van der Waals surface area contributed by atoms with Crippen LogP contribution in [0.5, 0.6) is 0 Å². The van der Waals surface area contributed by atoms with E-state index in [9.17, 15) is 9.18 Å². The van der Waals surface area contributed by atoms with Gasteiger partial charge in [0, 0.05) is 17.1 Å². The summed E-state index contributed by atoms with van der Waals surface area (Å²) in [7, 11) is 0. The third-order valence-corrected chi connectivity index (χ3v) is 3.89. The molecule has 2 rings (SSSR count). The number of rotatable bonds is 5. The Morgan fingerprint density at radius 2 is 2.20 bits per heavy atom. The van der Waals surface area contributed by atoms with Crippen LogP contribution in [-0.2, 0) is 6.54 Å². The Labute approximate surface area is 120 Å². The number of nitrogens with zero attached hydrogens (tertiary/aromatic N) is 1. The number of carbonyl (C=O) groups excluding carboxylic acids is 1. The molecule has 1 aromatic carbocycles. The van der Waals surface area contributed by atoms with Gasteiger partial charge in [0.25, 0.3) is 5.91 Å². The lowest BCUT2D eigenvalue weighted by molar-refractivity contribution is 0.100. The zero-order valence-corrected chi connectivity index (χ0v) is 11.9. The van der Waals surface area contributed by atoms with Gasteiger partial charge in [0.1, 0.15) is 5.82 Å². The molecule has 0 aliphatic heterocycles. The molecule has 1 aromatic heterocycles. The fraction of sp³-hybridized carbons (Fsp3) is 0.214. The Kier molecular flexibility index (Phi) is 4.24. The summed E-state index contributed by atoms with van der Waals surface area (Å²) in [5, 5.41) is 1.97. The van der Waals surface area contributed by atoms with E-state index >= 15 is 0 Å². The predicted molar refractivity (Wildman–Crippen MR) is 80.4 cm³/mol. The number of anilines is 2. The van der Waals surface area contributed by atoms with Crippen molar-refractivity contribution >= 4 is 28.6 Å². The lowest BCUT2D eigenvalue weighted by Gasteiger charge is -2.24. The average molecular weight is 293 g/mol. The highest BCUT2D eigenvalue weighted by molar-refractivity contribution is 7.09. The van der Waals surface area contributed by atoms with Crippen LogP contribution in [0.15, 0.2) is 29.6 Å². The van der Waals surface area contributed by atoms with Gasteiger partial charge in [-0.1, -0.05) is 6.07 Å². The van der Waals surface area contributed by atoms with Crippen LogP contribution in [0, 0.1) is 5.82 Å². The van der Waals surface area contributed by atoms with Crippen molar-refractivity contribution in [1.29, 1.82) is 0 Å². The first-order valence-electron chi connectivity index (χ1n) is 6.19. The molecule has 0 atom stereocenters. The molecule has 0 spiro atoms. The largest absolute Gasteiger partial charge is 0.398 e. The summed E-state index contributed by atoms with van der Waals surface area (Å²) in [6, 6.07) is 6.50. The van der Waals surface area contributed by atoms with Gasteiger partial charge in [-0.05, 0) is 30.5 Å². The maximum absolute atomic E-state index is 14.1. The summed E-state index contributed by atoms with van der Waals surface area (Å²) in [4.78, 5) is 14.3. The van der Waals surface area contributed by atoms with Crippen molar-refractivity contribution in [2.75, 3.05) is 17.2 Å². The lowest BCUT2D eigenvalue weighted by atomic mass is 10.1. The third-order valence-electron chi connectivity index (χ3n) is 3.03. The number of benzene rings is 1. The van der Waals surface area contributed by atoms with E-state index in [0.29, 0.717) is 18.8 Å². The van der Waals surface area contributed by atoms with Crippen LogP contribution < -0.4 is 16.4 Å². The average Bonchev–Trinajstić information content (AvgIpc) is 2.89. The van der Waals surface area contributed by atoms with Crippen molar-refractivity contribution in [2.24, 2.45) is 5.73 Å². The summed E-state index contributed by atoms with van der Waals surface area (Å²) in [5.41, 5.74) is 11.4. The zero-order valence-electron chi connectivity index (χ0n) is 11.1. The molecule has 0 saturated heterocycles. The highest BCUT2D eigenvalue weighted by Gasteiger charge is 2.16. The van der Waals surface area contributed by atoms with E-state index in [0.717, 1.165) is 10.9 Å². The van der Waals surface area contributed by atoms with Crippen LogP contribution in [0.2, 0.25) is 0 Å². The van der Waals surface area contributed by atoms with Gasteiger partial charge in [-0.15, -0.1) is 11.3 Å². The van der Waals surface area contributed by atoms with Gasteiger partial charge in [0.05, 0.1) is 17.8 Å². The van der Waals surface area contributed by atoms with Crippen LogP contribution in [0.1, 0.15) is 22.2 Å². The molecule has 2 aromatic rings. The number of hydrogen-bond acceptors (Lipinski definition) is 4. The second-order valence-electron chi connectivity index (χ2n) is 4.35. The molecule has 0 bridgehead atoms. The van der Waals surface area contributed by atoms with Gasteiger partial charge in [-0.3, -0.25) is 4.79 Å². The quantitative estimate of drug-likeness (QED) is 0.832. The van der Waals surface area contributed by atoms with Crippen molar-refractivity contribution < 1.29 is 9.18 Å². The molecule has 20 heavy (non-hydrogen) atoms. The molecule has 0 radical (unpaired) electrons. The van der Waals surface area contributed by atoms with E-state index in [1.54, 1.807) is 11.3 Å². The van der Waals surface area contributed by atoms with Crippen LogP contribution in [0.3, 0.4) is 0 Å². The van der Waals surface area contributed by atoms with Gasteiger partial charge in [0.2, 0.25) is 0 Å². The number of amides is 1. The van der Waals surface area contributed by atoms with Crippen LogP contribution in [-0.4, -0.2) is 12.5 Å². The summed E-state index contributed by atoms with van der Waals surface area (Å²) in [6.45, 7) is 3.11. The maximum Gasteiger partial charge on any atom is 0.250 e. The highest BCUT2D eigenvalue weighted by atomic mass is 32.1. The van der Waals surface area contributed by atoms with Crippen LogP contribution in [0.25, 0.3) is 0 Å². The molecular weight excluding hydrogens is 277 g/mol. The van der Waals surface area contributed by atoms with E-state index in [4.69, 9.17) is 11.5 Å². The summed E-state index contributed by atoms with van der Waals surface area (Å²) in [6.07, 6.45) is 0. The van der Waals surface area contributed by atoms with Gasteiger partial charge in [0.15, 0.2) is 0 Å². The minimum atomic E-state index is -0.657. The molecule has 6 heteroatoms. The lowest BCUT2D eigenvalue weighted by Crippen LogP contribution is -2.24. The predicted octanol–water partition coefficient (Wildman–Crippen LogP) is 2.59. The van der Waals surface area contributed by atoms with Crippen LogP contribution in [0.4, 0.5) is 15.8 Å². The fourth-order valence-electron chi connectivity index (χ4n) is 1.99. The molecule has 106 valence electrons. The molecule has 0 aliphatic rings. The van der Waals surface area contributed by atoms with Gasteiger partial charge < -0.3 is 16.4 Å². The van der Waals surface area contributed by atoms with Crippen molar-refractivity contribution in [1.82, 2.24) is 0 Å². The monoisotopic (exact) mass is 293 g/mol. The smallest absolute Gasteiger partial charge is 0.250 e. The van der Waals surface area contributed by atoms with Gasteiger partial charge in [-0.2, -0.15) is 0 Å². The zero-order chi connectivity index (χ0) is 14.7. The molecule has 4 N–H and O–H groups in total. The normalized spacial score (nSPS) is 10.5. The number of halogens is 1. The summed E-state index contributed by atoms with van der Waals surface area (Å²) >= 11 is 1.60. The first-order chi connectivity index (χ1) is 9.52. The second-order valence-corrected chi connectivity index (χ2v) is 5.38. The molecule has 4 nitrogen and oxygen atoms in total. The van der Waals surface area contributed by atoms with E-state index < -0.39 is 11.7 Å². The maximum atomic E-state index is 14.1. The molecule has 0 unspecified atom stereocenters. The van der Waals surface area contributed by atoms with Crippen molar-refractivity contribution in [2.45, 2.75) is 13.5 Å². The Hall–Kier alpha value is -2.08. The number of nitrogens with two attached hydrogens (primary N) is 2. The standard InChI is InChI=1S/C14H16FN3OS/c1-2-18(8-9-4-3-5-20-9)13-6-10(14(17)19)12(16)7-11(13)15/h3-7H,2,8,16H2,1H3,(H2,17,19). The SMILES string of the molecule is CCN(Cc1cccs1)c1cc(C(N)=O)c(N)cc1F. The topological polar surface area (TPSA) is 72.3 Å². The minimum Gasteiger partial charge on any atom is -0.398 e. The van der Waals surface area contributed by atoms with E-state index in [2.05, 4.69) is 0 Å². The number of primary amides is 1. The number of carbonyl (C=O) groups is 1. The van der Waals surface area contributed by atoms with E-state index in [1.165, 1.54) is 6.07 Å². The first-order valence-corrected chi connectivity index (χ1v) is 7.07. The van der Waals surface area contributed by atoms with E-state index in [1.807, 2.05) is 29.3 Å². The Balaban J connectivity index is 2.38. The van der Waals surface area contributed by atoms with Gasteiger partial charge in [-0.25, -0.2) is 4.39 Å². The molecular formula is C14H16FN3OS. The fourth-order valence-corrected chi connectivity index (χ4v) is 2.71. The van der Waals surface area contributed by atoms with Crippen molar-refractivity contribution in [3.63, 3.8) is 0 Å². The second kappa shape index (κ2) is 5.92. The number of nitrogen functional groups attached to an aromatic ring is 1. The molecule has 0 fully saturated rings. The minimum absolute atomic E-state index is 0.0610. The third kappa shape index (κ3) is 2.91.